The third kappa shape index (κ3) is 4.38. The number of nitrogens with two attached hydrogens (primary N) is 1. The summed E-state index contributed by atoms with van der Waals surface area (Å²) in [7, 11) is -3.49. The van der Waals surface area contributed by atoms with Gasteiger partial charge in [-0.25, -0.2) is 13.6 Å². The minimum Gasteiger partial charge on any atom is -0.404 e. The van der Waals surface area contributed by atoms with Crippen LogP contribution in [0.5, 0.6) is 0 Å². The number of hydrogen-bond acceptors (Lipinski definition) is 6. The third-order valence-corrected chi connectivity index (χ3v) is 2.46. The highest BCUT2D eigenvalue weighted by molar-refractivity contribution is 7.89. The maximum absolute atomic E-state index is 10.6. The van der Waals surface area contributed by atoms with Crippen LogP contribution in [0.2, 0.25) is 0 Å². The summed E-state index contributed by atoms with van der Waals surface area (Å²) < 4.78 is 26.0. The zero-order valence-corrected chi connectivity index (χ0v) is 9.07. The first-order valence-corrected chi connectivity index (χ1v) is 6.04. The summed E-state index contributed by atoms with van der Waals surface area (Å²) in [5.74, 6) is -0.181. The molecule has 1 aromatic rings. The number of nitrogens with zero attached hydrogens (tertiary/aromatic N) is 1. The van der Waals surface area contributed by atoms with E-state index >= 15 is 0 Å². The molecule has 8 nitrogen and oxygen atoms in total. The van der Waals surface area contributed by atoms with Crippen molar-refractivity contribution in [3.63, 3.8) is 0 Å². The Morgan fingerprint density at radius 1 is 1.50 bits per heavy atom. The minimum absolute atomic E-state index is 0.160. The summed E-state index contributed by atoms with van der Waals surface area (Å²) in [5, 5.41) is 17.8. The van der Waals surface area contributed by atoms with Crippen molar-refractivity contribution < 1.29 is 17.8 Å². The van der Waals surface area contributed by atoms with Gasteiger partial charge in [0, 0.05) is 6.54 Å². The van der Waals surface area contributed by atoms with Crippen LogP contribution >= 0.6 is 0 Å². The molecule has 3 N–H and O–H groups in total. The molecule has 0 fully saturated rings. The number of nitrogens with one attached hydrogen (secondary N) is 1. The van der Waals surface area contributed by atoms with Gasteiger partial charge in [-0.2, -0.15) is 0 Å². The van der Waals surface area contributed by atoms with Crippen molar-refractivity contribution in [3.8, 4) is 0 Å². The topological polar surface area (TPSA) is 128 Å². The molecule has 0 spiro atoms. The van der Waals surface area contributed by atoms with Gasteiger partial charge < -0.3 is 9.73 Å². The third-order valence-electron chi connectivity index (χ3n) is 1.69. The van der Waals surface area contributed by atoms with Gasteiger partial charge in [0.2, 0.25) is 10.0 Å². The Kier molecular flexibility index (Phi) is 3.99. The SMILES string of the molecule is NS(=O)(=O)CCNCc1ccc([N+](=O)[O-])o1. The zero-order chi connectivity index (χ0) is 12.2. The van der Waals surface area contributed by atoms with E-state index in [9.17, 15) is 18.5 Å². The molecule has 0 saturated heterocycles. The molecule has 1 aromatic heterocycles. The standard InChI is InChI=1S/C7H11N3O5S/c8-16(13,14)4-3-9-5-6-1-2-7(15-6)10(11)12/h1-2,9H,3-5H2,(H2,8,13,14). The molecular weight excluding hydrogens is 238 g/mol. The fourth-order valence-electron chi connectivity index (χ4n) is 0.986. The Hall–Kier alpha value is -1.45. The highest BCUT2D eigenvalue weighted by atomic mass is 32.2. The molecule has 1 rings (SSSR count). The van der Waals surface area contributed by atoms with Gasteiger partial charge in [0.05, 0.1) is 18.4 Å². The van der Waals surface area contributed by atoms with Crippen LogP contribution in [-0.2, 0) is 16.6 Å². The van der Waals surface area contributed by atoms with E-state index in [0.29, 0.717) is 5.76 Å². The monoisotopic (exact) mass is 249 g/mol. The van der Waals surface area contributed by atoms with Gasteiger partial charge >= 0.3 is 5.88 Å². The molecule has 0 amide bonds. The average Bonchev–Trinajstić information content (AvgIpc) is 2.59. The summed E-state index contributed by atoms with van der Waals surface area (Å²) in [6, 6.07) is 2.68. The van der Waals surface area contributed by atoms with E-state index in [0.717, 1.165) is 0 Å². The first-order chi connectivity index (χ1) is 7.38. The van der Waals surface area contributed by atoms with Gasteiger partial charge in [-0.15, -0.1) is 0 Å². The zero-order valence-electron chi connectivity index (χ0n) is 8.25. The van der Waals surface area contributed by atoms with E-state index in [1.165, 1.54) is 12.1 Å². The lowest BCUT2D eigenvalue weighted by Gasteiger charge is -2.00. The summed E-state index contributed by atoms with van der Waals surface area (Å²) in [6.07, 6.45) is 0. The second-order valence-corrected chi connectivity index (χ2v) is 4.77. The van der Waals surface area contributed by atoms with Gasteiger partial charge in [0.15, 0.2) is 0 Å². The number of sulfonamides is 1. The summed E-state index contributed by atoms with van der Waals surface area (Å²) >= 11 is 0. The Labute approximate surface area is 91.6 Å². The first kappa shape index (κ1) is 12.6. The normalized spacial score (nSPS) is 11.6. The van der Waals surface area contributed by atoms with Crippen molar-refractivity contribution in [2.75, 3.05) is 12.3 Å². The van der Waals surface area contributed by atoms with Crippen LogP contribution in [0.3, 0.4) is 0 Å². The lowest BCUT2D eigenvalue weighted by Crippen LogP contribution is -2.26. The Bertz CT molecular complexity index is 466. The van der Waals surface area contributed by atoms with Crippen molar-refractivity contribution >= 4 is 15.9 Å². The second kappa shape index (κ2) is 5.05. The van der Waals surface area contributed by atoms with Gasteiger partial charge in [0.1, 0.15) is 10.7 Å². The molecule has 0 aliphatic heterocycles. The molecular formula is C7H11N3O5S. The molecule has 0 saturated carbocycles. The summed E-state index contributed by atoms with van der Waals surface area (Å²) in [4.78, 5) is 9.63. The fraction of sp³-hybridized carbons (Fsp3) is 0.429. The lowest BCUT2D eigenvalue weighted by molar-refractivity contribution is -0.402. The lowest BCUT2D eigenvalue weighted by atomic mass is 10.4. The van der Waals surface area contributed by atoms with E-state index in [1.54, 1.807) is 0 Å². The van der Waals surface area contributed by atoms with Crippen molar-refractivity contribution in [2.45, 2.75) is 6.54 Å². The second-order valence-electron chi connectivity index (χ2n) is 3.04. The maximum atomic E-state index is 10.6. The minimum atomic E-state index is -3.49. The van der Waals surface area contributed by atoms with E-state index in [2.05, 4.69) is 5.32 Å². The van der Waals surface area contributed by atoms with Crippen molar-refractivity contribution in [3.05, 3.63) is 28.0 Å². The Morgan fingerprint density at radius 3 is 2.69 bits per heavy atom. The number of hydrogen-bond donors (Lipinski definition) is 2. The Morgan fingerprint density at radius 2 is 2.19 bits per heavy atom. The van der Waals surface area contributed by atoms with Gasteiger partial charge in [-0.3, -0.25) is 10.1 Å². The molecule has 0 bridgehead atoms. The van der Waals surface area contributed by atoms with Crippen LogP contribution in [0.25, 0.3) is 0 Å². The van der Waals surface area contributed by atoms with E-state index in [-0.39, 0.29) is 24.7 Å². The van der Waals surface area contributed by atoms with E-state index in [1.807, 2.05) is 0 Å². The molecule has 1 heterocycles. The van der Waals surface area contributed by atoms with Crippen LogP contribution in [0.1, 0.15) is 5.76 Å². The van der Waals surface area contributed by atoms with Gasteiger partial charge in [-0.05, 0) is 6.07 Å². The van der Waals surface area contributed by atoms with Gasteiger partial charge in [0.25, 0.3) is 0 Å². The summed E-state index contributed by atoms with van der Waals surface area (Å²) in [5.41, 5.74) is 0. The van der Waals surface area contributed by atoms with Crippen LogP contribution in [-0.4, -0.2) is 25.6 Å². The maximum Gasteiger partial charge on any atom is 0.433 e. The number of primary sulfonamides is 1. The molecule has 0 aliphatic carbocycles. The summed E-state index contributed by atoms with van der Waals surface area (Å²) in [6.45, 7) is 0.372. The first-order valence-electron chi connectivity index (χ1n) is 4.33. The predicted molar refractivity (Wildman–Crippen MR) is 55.0 cm³/mol. The fourth-order valence-corrected chi connectivity index (χ4v) is 1.41. The molecule has 90 valence electrons. The van der Waals surface area contributed by atoms with E-state index < -0.39 is 14.9 Å². The van der Waals surface area contributed by atoms with Crippen molar-refractivity contribution in [1.29, 1.82) is 0 Å². The van der Waals surface area contributed by atoms with Crippen molar-refractivity contribution in [2.24, 2.45) is 5.14 Å². The highest BCUT2D eigenvalue weighted by Gasteiger charge is 2.11. The molecule has 0 aliphatic rings. The number of furan rings is 1. The average molecular weight is 249 g/mol. The predicted octanol–water partition coefficient (Wildman–Crippen LogP) is -0.434. The molecule has 0 radical (unpaired) electrons. The van der Waals surface area contributed by atoms with E-state index in [4.69, 9.17) is 9.56 Å². The molecule has 9 heteroatoms. The molecule has 16 heavy (non-hydrogen) atoms. The largest absolute Gasteiger partial charge is 0.433 e. The molecule has 0 unspecified atom stereocenters. The molecule has 0 aromatic carbocycles. The van der Waals surface area contributed by atoms with Crippen LogP contribution in [0.4, 0.5) is 5.88 Å². The van der Waals surface area contributed by atoms with Gasteiger partial charge in [-0.1, -0.05) is 0 Å². The highest BCUT2D eigenvalue weighted by Crippen LogP contribution is 2.14. The van der Waals surface area contributed by atoms with Crippen molar-refractivity contribution in [1.82, 2.24) is 5.32 Å². The smallest absolute Gasteiger partial charge is 0.404 e. The quantitative estimate of drug-likeness (QED) is 0.399. The van der Waals surface area contributed by atoms with Crippen LogP contribution in [0.15, 0.2) is 16.5 Å². The number of rotatable bonds is 6. The van der Waals surface area contributed by atoms with Crippen LogP contribution < -0.4 is 10.5 Å². The number of nitro groups is 1. The van der Waals surface area contributed by atoms with Crippen LogP contribution in [0, 0.1) is 10.1 Å². The Balaban J connectivity index is 2.35. The molecule has 0 atom stereocenters.